The van der Waals surface area contributed by atoms with Crippen molar-refractivity contribution in [3.63, 3.8) is 0 Å². The van der Waals surface area contributed by atoms with Gasteiger partial charge in [0, 0.05) is 0 Å². The van der Waals surface area contributed by atoms with E-state index in [0.29, 0.717) is 0 Å². The summed E-state index contributed by atoms with van der Waals surface area (Å²) in [6.45, 7) is 4.60. The molecule has 0 amide bonds. The third kappa shape index (κ3) is 45.5. The van der Waals surface area contributed by atoms with Crippen molar-refractivity contribution in [3.8, 4) is 0 Å². The number of hydrogen-bond donors (Lipinski definition) is 0. The second-order valence-electron chi connectivity index (χ2n) is 15.8. The molecule has 0 aliphatic rings. The van der Waals surface area contributed by atoms with Crippen LogP contribution in [0, 0.1) is 0 Å². The fourth-order valence-electron chi connectivity index (χ4n) is 7.32. The standard InChI is InChI=1S/C48H94/c1-3-5-7-9-11-13-15-17-19-21-23-25-27-29-31-33-35-37-39-41-43-45-47-48-46-44-42-40-38-36-34-32-30-28-26-24-22-20-18-16-14-12-10-8-6-4-2/h17-20H,3-16,21-48H2,1-2H3/b19-17-,20-18?. The van der Waals surface area contributed by atoms with Crippen LogP contribution < -0.4 is 0 Å². The molecule has 0 nitrogen and oxygen atoms in total. The van der Waals surface area contributed by atoms with Gasteiger partial charge in [0.2, 0.25) is 0 Å². The maximum atomic E-state index is 2.45. The molecular weight excluding hydrogens is 577 g/mol. The first-order chi connectivity index (χ1) is 23.9. The highest BCUT2D eigenvalue weighted by Gasteiger charge is 1.97. The molecule has 0 heterocycles. The van der Waals surface area contributed by atoms with E-state index in [1.807, 2.05) is 0 Å². The van der Waals surface area contributed by atoms with Crippen molar-refractivity contribution in [2.24, 2.45) is 0 Å². The Morgan fingerprint density at radius 2 is 0.292 bits per heavy atom. The van der Waals surface area contributed by atoms with E-state index >= 15 is 0 Å². The molecule has 0 bridgehead atoms. The molecule has 0 aromatic rings. The number of rotatable bonds is 43. The van der Waals surface area contributed by atoms with Gasteiger partial charge in [-0.25, -0.2) is 0 Å². The molecule has 0 aromatic heterocycles. The summed E-state index contributed by atoms with van der Waals surface area (Å²) < 4.78 is 0. The van der Waals surface area contributed by atoms with E-state index in [9.17, 15) is 0 Å². The van der Waals surface area contributed by atoms with Crippen LogP contribution in [0.3, 0.4) is 0 Å². The van der Waals surface area contributed by atoms with Gasteiger partial charge in [0.15, 0.2) is 0 Å². The predicted octanol–water partition coefficient (Wildman–Crippen LogP) is 18.5. The van der Waals surface area contributed by atoms with Crippen molar-refractivity contribution in [2.45, 2.75) is 284 Å². The highest BCUT2D eigenvalue weighted by molar-refractivity contribution is 4.82. The zero-order valence-corrected chi connectivity index (χ0v) is 34.0. The minimum Gasteiger partial charge on any atom is -0.0885 e. The van der Waals surface area contributed by atoms with Crippen LogP contribution in [0.25, 0.3) is 0 Å². The lowest BCUT2D eigenvalue weighted by molar-refractivity contribution is 0.515. The molecule has 0 spiro atoms. The summed E-state index contributed by atoms with van der Waals surface area (Å²) in [4.78, 5) is 0. The van der Waals surface area contributed by atoms with Crippen molar-refractivity contribution in [3.05, 3.63) is 24.3 Å². The SMILES string of the molecule is CCCCCCCCC=CCCCCCCCCCCCCCCCCCCCCCCCCCCCC/C=C\CCCCCCCC. The third-order valence-electron chi connectivity index (χ3n) is 10.8. The second kappa shape index (κ2) is 46.5. The molecule has 48 heavy (non-hydrogen) atoms. The Labute approximate surface area is 307 Å². The molecule has 0 unspecified atom stereocenters. The first-order valence-electron chi connectivity index (χ1n) is 23.2. The fraction of sp³-hybridized carbons (Fsp3) is 0.917. The molecule has 0 radical (unpaired) electrons. The summed E-state index contributed by atoms with van der Waals surface area (Å²) in [5.74, 6) is 0. The minimum atomic E-state index is 1.31. The van der Waals surface area contributed by atoms with Crippen LogP contribution >= 0.6 is 0 Å². The highest BCUT2D eigenvalue weighted by Crippen LogP contribution is 2.17. The molecule has 0 heteroatoms. The Hall–Kier alpha value is -0.520. The van der Waals surface area contributed by atoms with Crippen molar-refractivity contribution in [1.82, 2.24) is 0 Å². The molecule has 0 aromatic carbocycles. The van der Waals surface area contributed by atoms with E-state index in [2.05, 4.69) is 38.2 Å². The molecule has 0 atom stereocenters. The van der Waals surface area contributed by atoms with Gasteiger partial charge in [-0.15, -0.1) is 0 Å². The van der Waals surface area contributed by atoms with Crippen LogP contribution in [0.1, 0.15) is 284 Å². The molecule has 0 aliphatic carbocycles. The summed E-state index contributed by atoms with van der Waals surface area (Å²) >= 11 is 0. The van der Waals surface area contributed by atoms with Crippen molar-refractivity contribution < 1.29 is 0 Å². The first kappa shape index (κ1) is 47.5. The van der Waals surface area contributed by atoms with Gasteiger partial charge in [0.1, 0.15) is 0 Å². The van der Waals surface area contributed by atoms with E-state index in [4.69, 9.17) is 0 Å². The Balaban J connectivity index is 3.09. The van der Waals surface area contributed by atoms with E-state index in [0.717, 1.165) is 0 Å². The Morgan fingerprint density at radius 1 is 0.167 bits per heavy atom. The van der Waals surface area contributed by atoms with Gasteiger partial charge in [-0.05, 0) is 51.4 Å². The smallest absolute Gasteiger partial charge is 0.0351 e. The quantitative estimate of drug-likeness (QED) is 0.0447. The summed E-state index contributed by atoms with van der Waals surface area (Å²) in [6.07, 6.45) is 70.4. The van der Waals surface area contributed by atoms with Gasteiger partial charge < -0.3 is 0 Å². The maximum Gasteiger partial charge on any atom is -0.0351 e. The van der Waals surface area contributed by atoms with E-state index in [-0.39, 0.29) is 0 Å². The van der Waals surface area contributed by atoms with Gasteiger partial charge in [-0.3, -0.25) is 0 Å². The van der Waals surface area contributed by atoms with Gasteiger partial charge in [0.05, 0.1) is 0 Å². The average Bonchev–Trinajstić information content (AvgIpc) is 3.10. The van der Waals surface area contributed by atoms with Crippen LogP contribution in [0.4, 0.5) is 0 Å². The van der Waals surface area contributed by atoms with Crippen LogP contribution in [0.15, 0.2) is 24.3 Å². The number of allylic oxidation sites excluding steroid dienone is 4. The Bertz CT molecular complexity index is 533. The summed E-state index contributed by atoms with van der Waals surface area (Å²) in [5.41, 5.74) is 0. The van der Waals surface area contributed by atoms with Crippen LogP contribution in [-0.4, -0.2) is 0 Å². The van der Waals surface area contributed by atoms with Gasteiger partial charge in [-0.1, -0.05) is 256 Å². The van der Waals surface area contributed by atoms with Crippen LogP contribution in [0.2, 0.25) is 0 Å². The predicted molar refractivity (Wildman–Crippen MR) is 224 cm³/mol. The second-order valence-corrected chi connectivity index (χ2v) is 15.8. The van der Waals surface area contributed by atoms with Gasteiger partial charge in [0.25, 0.3) is 0 Å². The molecule has 0 saturated carbocycles. The normalized spacial score (nSPS) is 12.0. The molecule has 0 saturated heterocycles. The molecule has 0 N–H and O–H groups in total. The number of unbranched alkanes of at least 4 members (excludes halogenated alkanes) is 39. The van der Waals surface area contributed by atoms with E-state index in [1.54, 1.807) is 0 Å². The molecule has 0 aliphatic heterocycles. The topological polar surface area (TPSA) is 0 Å². The van der Waals surface area contributed by atoms with Gasteiger partial charge >= 0.3 is 0 Å². The lowest BCUT2D eigenvalue weighted by atomic mass is 10.0. The highest BCUT2D eigenvalue weighted by atomic mass is 14.0. The van der Waals surface area contributed by atoms with Crippen molar-refractivity contribution in [1.29, 1.82) is 0 Å². The summed E-state index contributed by atoms with van der Waals surface area (Å²) in [5, 5.41) is 0. The zero-order chi connectivity index (χ0) is 34.5. The fourth-order valence-corrected chi connectivity index (χ4v) is 7.32. The Morgan fingerprint density at radius 3 is 0.438 bits per heavy atom. The van der Waals surface area contributed by atoms with Crippen molar-refractivity contribution in [2.75, 3.05) is 0 Å². The summed E-state index contributed by atoms with van der Waals surface area (Å²) in [6, 6.07) is 0. The lowest BCUT2D eigenvalue weighted by Crippen LogP contribution is -1.85. The van der Waals surface area contributed by atoms with Crippen LogP contribution in [0.5, 0.6) is 0 Å². The lowest BCUT2D eigenvalue weighted by Gasteiger charge is -2.04. The van der Waals surface area contributed by atoms with Gasteiger partial charge in [-0.2, -0.15) is 0 Å². The maximum absolute atomic E-state index is 2.45. The third-order valence-corrected chi connectivity index (χ3v) is 10.8. The zero-order valence-electron chi connectivity index (χ0n) is 34.0. The minimum absolute atomic E-state index is 1.31. The van der Waals surface area contributed by atoms with Crippen LogP contribution in [-0.2, 0) is 0 Å². The molecule has 0 fully saturated rings. The number of hydrogen-bond acceptors (Lipinski definition) is 0. The largest absolute Gasteiger partial charge is 0.0885 e. The van der Waals surface area contributed by atoms with Crippen molar-refractivity contribution >= 4 is 0 Å². The molecule has 286 valence electrons. The monoisotopic (exact) mass is 671 g/mol. The average molecular weight is 671 g/mol. The Kier molecular flexibility index (Phi) is 46.0. The van der Waals surface area contributed by atoms with E-state index in [1.165, 1.54) is 270 Å². The van der Waals surface area contributed by atoms with E-state index < -0.39 is 0 Å². The molecule has 0 rings (SSSR count). The summed E-state index contributed by atoms with van der Waals surface area (Å²) in [7, 11) is 0. The molecular formula is C48H94. The first-order valence-corrected chi connectivity index (χ1v) is 23.2.